The largest absolute Gasteiger partial charge is 0.275 e. The Kier molecular flexibility index (Phi) is 1.82. The molecule has 0 saturated carbocycles. The van der Waals surface area contributed by atoms with Crippen molar-refractivity contribution in [2.45, 2.75) is 32.1 Å². The van der Waals surface area contributed by atoms with Crippen LogP contribution in [0.25, 0.3) is 0 Å². The summed E-state index contributed by atoms with van der Waals surface area (Å²) in [7, 11) is 0. The zero-order valence-electron chi connectivity index (χ0n) is 7.48. The fraction of sp³-hybridized carbons (Fsp3) is 0.500. The quantitative estimate of drug-likeness (QED) is 0.652. The Morgan fingerprint density at radius 1 is 1.54 bits per heavy atom. The molecule has 13 heavy (non-hydrogen) atoms. The van der Waals surface area contributed by atoms with E-state index in [2.05, 4.69) is 4.98 Å². The van der Waals surface area contributed by atoms with Crippen LogP contribution in [-0.4, -0.2) is 4.98 Å². The predicted molar refractivity (Wildman–Crippen MR) is 45.8 cm³/mol. The molecule has 0 unspecified atom stereocenters. The Balaban J connectivity index is 2.46. The molecule has 3 heteroatoms. The van der Waals surface area contributed by atoms with Crippen LogP contribution in [0.1, 0.15) is 30.2 Å². The Bertz CT molecular complexity index is 334. The molecule has 0 bridgehead atoms. The molecular weight excluding hydrogens is 172 g/mol. The van der Waals surface area contributed by atoms with Gasteiger partial charge in [0.2, 0.25) is 0 Å². The molecule has 0 amide bonds. The van der Waals surface area contributed by atoms with Crippen LogP contribution in [0.2, 0.25) is 0 Å². The first-order valence-electron chi connectivity index (χ1n) is 4.49. The monoisotopic (exact) mass is 183 g/mol. The lowest BCUT2D eigenvalue weighted by molar-refractivity contribution is -0.00212. The third kappa shape index (κ3) is 1.32. The van der Waals surface area contributed by atoms with Gasteiger partial charge in [-0.3, -0.25) is 4.98 Å². The molecule has 1 aliphatic carbocycles. The first kappa shape index (κ1) is 8.60. The molecule has 0 atom stereocenters. The van der Waals surface area contributed by atoms with E-state index in [-0.39, 0.29) is 12.0 Å². The summed E-state index contributed by atoms with van der Waals surface area (Å²) in [4.78, 5) is 3.98. The van der Waals surface area contributed by atoms with Gasteiger partial charge in [-0.1, -0.05) is 6.92 Å². The zero-order valence-corrected chi connectivity index (χ0v) is 7.48. The van der Waals surface area contributed by atoms with Crippen molar-refractivity contribution in [1.82, 2.24) is 4.98 Å². The minimum atomic E-state index is -2.64. The van der Waals surface area contributed by atoms with Gasteiger partial charge in [0.05, 0.1) is 0 Å². The summed E-state index contributed by atoms with van der Waals surface area (Å²) >= 11 is 0. The van der Waals surface area contributed by atoms with Crippen molar-refractivity contribution in [1.29, 1.82) is 0 Å². The van der Waals surface area contributed by atoms with Crippen LogP contribution in [-0.2, 0) is 18.8 Å². The van der Waals surface area contributed by atoms with Crippen molar-refractivity contribution in [3.8, 4) is 0 Å². The van der Waals surface area contributed by atoms with Crippen LogP contribution in [0.3, 0.4) is 0 Å². The number of aromatic nitrogens is 1. The van der Waals surface area contributed by atoms with Crippen molar-refractivity contribution < 1.29 is 8.78 Å². The Morgan fingerprint density at radius 2 is 2.31 bits per heavy atom. The van der Waals surface area contributed by atoms with Gasteiger partial charge in [0, 0.05) is 23.9 Å². The topological polar surface area (TPSA) is 12.9 Å². The molecule has 0 fully saturated rings. The van der Waals surface area contributed by atoms with Gasteiger partial charge in [-0.2, -0.15) is 0 Å². The number of alkyl halides is 2. The molecule has 70 valence electrons. The lowest BCUT2D eigenvalue weighted by Crippen LogP contribution is -2.08. The van der Waals surface area contributed by atoms with Crippen LogP contribution in [0.4, 0.5) is 8.78 Å². The van der Waals surface area contributed by atoms with E-state index in [4.69, 9.17) is 0 Å². The normalized spacial score (nSPS) is 18.7. The summed E-state index contributed by atoms with van der Waals surface area (Å²) in [5.74, 6) is -2.64. The number of fused-ring (bicyclic) bond motifs is 1. The first-order chi connectivity index (χ1) is 6.13. The highest BCUT2D eigenvalue weighted by Gasteiger charge is 2.39. The van der Waals surface area contributed by atoms with Gasteiger partial charge in [-0.15, -0.1) is 0 Å². The third-order valence-electron chi connectivity index (χ3n) is 2.51. The average molecular weight is 183 g/mol. The number of hydrogen-bond acceptors (Lipinski definition) is 1. The first-order valence-corrected chi connectivity index (χ1v) is 4.49. The maximum Gasteiger partial charge on any atom is 0.275 e. The highest BCUT2D eigenvalue weighted by Crippen LogP contribution is 2.41. The number of rotatable bonds is 1. The van der Waals surface area contributed by atoms with Gasteiger partial charge in [0.25, 0.3) is 5.92 Å². The van der Waals surface area contributed by atoms with E-state index in [9.17, 15) is 8.78 Å². The highest BCUT2D eigenvalue weighted by molar-refractivity contribution is 5.34. The van der Waals surface area contributed by atoms with Gasteiger partial charge < -0.3 is 0 Å². The van der Waals surface area contributed by atoms with Crippen molar-refractivity contribution in [2.75, 3.05) is 0 Å². The van der Waals surface area contributed by atoms with E-state index >= 15 is 0 Å². The summed E-state index contributed by atoms with van der Waals surface area (Å²) in [5, 5.41) is 0. The van der Waals surface area contributed by atoms with E-state index in [1.54, 1.807) is 6.07 Å². The molecular formula is C10H11F2N. The highest BCUT2D eigenvalue weighted by atomic mass is 19.3. The standard InChI is InChI=1S/C10H11F2N/c1-2-8-5-7-3-4-10(11,12)9(7)6-13-8/h5-6H,2-4H2,1H3. The van der Waals surface area contributed by atoms with E-state index in [1.165, 1.54) is 6.20 Å². The maximum absolute atomic E-state index is 13.1. The second-order valence-corrected chi connectivity index (χ2v) is 3.39. The van der Waals surface area contributed by atoms with E-state index in [1.807, 2.05) is 6.92 Å². The predicted octanol–water partition coefficient (Wildman–Crippen LogP) is 2.68. The summed E-state index contributed by atoms with van der Waals surface area (Å²) in [6.45, 7) is 1.97. The summed E-state index contributed by atoms with van der Waals surface area (Å²) in [6, 6.07) is 1.80. The van der Waals surface area contributed by atoms with E-state index in [0.717, 1.165) is 17.7 Å². The summed E-state index contributed by atoms with van der Waals surface area (Å²) in [6.07, 6.45) is 2.56. The average Bonchev–Trinajstić information content (AvgIpc) is 2.42. The molecule has 1 aromatic heterocycles. The fourth-order valence-electron chi connectivity index (χ4n) is 1.70. The maximum atomic E-state index is 13.1. The molecule has 2 rings (SSSR count). The van der Waals surface area contributed by atoms with Crippen LogP contribution < -0.4 is 0 Å². The Labute approximate surface area is 75.8 Å². The molecule has 1 heterocycles. The SMILES string of the molecule is CCc1cc2c(cn1)C(F)(F)CC2. The molecule has 0 aromatic carbocycles. The van der Waals surface area contributed by atoms with Gasteiger partial charge in [0.1, 0.15) is 0 Å². The second kappa shape index (κ2) is 2.76. The van der Waals surface area contributed by atoms with Crippen LogP contribution in [0.15, 0.2) is 12.3 Å². The van der Waals surface area contributed by atoms with Crippen molar-refractivity contribution >= 4 is 0 Å². The minimum Gasteiger partial charge on any atom is -0.261 e. The molecule has 0 spiro atoms. The van der Waals surface area contributed by atoms with Gasteiger partial charge in [0.15, 0.2) is 0 Å². The number of hydrogen-bond donors (Lipinski definition) is 0. The van der Waals surface area contributed by atoms with Gasteiger partial charge in [-0.05, 0) is 24.5 Å². The molecule has 1 nitrogen and oxygen atoms in total. The van der Waals surface area contributed by atoms with Crippen LogP contribution in [0.5, 0.6) is 0 Å². The minimum absolute atomic E-state index is 0.0584. The molecule has 0 radical (unpaired) electrons. The van der Waals surface area contributed by atoms with Crippen molar-refractivity contribution in [3.63, 3.8) is 0 Å². The van der Waals surface area contributed by atoms with Crippen molar-refractivity contribution in [3.05, 3.63) is 29.1 Å². The number of halogens is 2. The Hall–Kier alpha value is -0.990. The Morgan fingerprint density at radius 3 is 3.00 bits per heavy atom. The lowest BCUT2D eigenvalue weighted by atomic mass is 10.1. The summed E-state index contributed by atoms with van der Waals surface area (Å²) in [5.41, 5.74) is 1.80. The number of nitrogens with zero attached hydrogens (tertiary/aromatic N) is 1. The van der Waals surface area contributed by atoms with Gasteiger partial charge in [-0.25, -0.2) is 8.78 Å². The fourth-order valence-corrected chi connectivity index (χ4v) is 1.70. The molecule has 1 aliphatic rings. The second-order valence-electron chi connectivity index (χ2n) is 3.39. The molecule has 0 aliphatic heterocycles. The van der Waals surface area contributed by atoms with E-state index in [0.29, 0.717) is 6.42 Å². The van der Waals surface area contributed by atoms with Crippen LogP contribution in [0, 0.1) is 0 Å². The third-order valence-corrected chi connectivity index (χ3v) is 2.51. The number of pyridine rings is 1. The molecule has 0 saturated heterocycles. The van der Waals surface area contributed by atoms with E-state index < -0.39 is 5.92 Å². The molecule has 1 aromatic rings. The van der Waals surface area contributed by atoms with Crippen LogP contribution >= 0.6 is 0 Å². The number of aryl methyl sites for hydroxylation is 2. The zero-order chi connectivity index (χ0) is 9.47. The summed E-state index contributed by atoms with van der Waals surface area (Å²) < 4.78 is 26.3. The van der Waals surface area contributed by atoms with Gasteiger partial charge >= 0.3 is 0 Å². The smallest absolute Gasteiger partial charge is 0.261 e. The van der Waals surface area contributed by atoms with Crippen molar-refractivity contribution in [2.24, 2.45) is 0 Å². The lowest BCUT2D eigenvalue weighted by Gasteiger charge is -2.09. The molecule has 0 N–H and O–H groups in total.